The van der Waals surface area contributed by atoms with Gasteiger partial charge in [-0.1, -0.05) is 62.4 Å². The molecule has 1 heteroatoms. The van der Waals surface area contributed by atoms with Gasteiger partial charge in [0.15, 0.2) is 0 Å². The van der Waals surface area contributed by atoms with E-state index in [9.17, 15) is 0 Å². The van der Waals surface area contributed by atoms with Gasteiger partial charge in [0.1, 0.15) is 0 Å². The molecule has 0 heterocycles. The Morgan fingerprint density at radius 2 is 1.38 bits per heavy atom. The second kappa shape index (κ2) is 7.84. The fourth-order valence-corrected chi connectivity index (χ4v) is 3.03. The van der Waals surface area contributed by atoms with Gasteiger partial charge in [-0.15, -0.1) is 0 Å². The molecule has 0 aliphatic rings. The smallest absolute Gasteiger partial charge is 0.00879 e. The van der Waals surface area contributed by atoms with Crippen LogP contribution in [0.25, 0.3) is 0 Å². The summed E-state index contributed by atoms with van der Waals surface area (Å²) >= 11 is 3.71. The summed E-state index contributed by atoms with van der Waals surface area (Å²) < 4.78 is 0. The molecule has 0 aromatic carbocycles. The summed E-state index contributed by atoms with van der Waals surface area (Å²) in [5.74, 6) is 0. The van der Waals surface area contributed by atoms with Gasteiger partial charge in [-0.3, -0.25) is 0 Å². The van der Waals surface area contributed by atoms with Crippen LogP contribution in [-0.4, -0.2) is 5.33 Å². The molecule has 80 valence electrons. The lowest BCUT2D eigenvalue weighted by Crippen LogP contribution is -2.22. The van der Waals surface area contributed by atoms with Crippen LogP contribution in [0.3, 0.4) is 0 Å². The number of rotatable bonds is 8. The molecule has 0 amide bonds. The Balaban J connectivity index is 4.07. The van der Waals surface area contributed by atoms with Crippen molar-refractivity contribution in [2.24, 2.45) is 5.41 Å². The van der Waals surface area contributed by atoms with E-state index in [1.807, 2.05) is 0 Å². The van der Waals surface area contributed by atoms with E-state index >= 15 is 0 Å². The summed E-state index contributed by atoms with van der Waals surface area (Å²) in [6.07, 6.45) is 9.59. The van der Waals surface area contributed by atoms with Gasteiger partial charge in [-0.25, -0.2) is 0 Å². The fraction of sp³-hybridized carbons (Fsp3) is 1.00. The Bertz CT molecular complexity index is 104. The molecule has 0 aromatic rings. The minimum atomic E-state index is 0.611. The predicted octanol–water partition coefficient (Wildman–Crippen LogP) is 5.16. The molecule has 0 atom stereocenters. The van der Waals surface area contributed by atoms with Crippen molar-refractivity contribution in [1.29, 1.82) is 0 Å². The molecule has 0 radical (unpaired) electrons. The quantitative estimate of drug-likeness (QED) is 0.521. The Morgan fingerprint density at radius 1 is 0.846 bits per heavy atom. The number of alkyl halides is 1. The Labute approximate surface area is 92.6 Å². The maximum atomic E-state index is 3.71. The van der Waals surface area contributed by atoms with Crippen LogP contribution < -0.4 is 0 Å². The number of halogens is 1. The van der Waals surface area contributed by atoms with Crippen molar-refractivity contribution in [2.75, 3.05) is 5.33 Å². The molecule has 0 fully saturated rings. The largest absolute Gasteiger partial charge is 0.0922 e. The van der Waals surface area contributed by atoms with Gasteiger partial charge in [-0.05, 0) is 24.7 Å². The molecule has 0 rings (SSSR count). The first-order chi connectivity index (χ1) is 6.24. The van der Waals surface area contributed by atoms with Crippen molar-refractivity contribution >= 4 is 15.9 Å². The van der Waals surface area contributed by atoms with E-state index in [0.717, 1.165) is 0 Å². The summed E-state index contributed by atoms with van der Waals surface area (Å²) in [5.41, 5.74) is 0.611. The molecule has 0 saturated carbocycles. The summed E-state index contributed by atoms with van der Waals surface area (Å²) in [5, 5.41) is 1.20. The highest BCUT2D eigenvalue weighted by molar-refractivity contribution is 9.09. The molecule has 0 unspecified atom stereocenters. The Kier molecular flexibility index (Phi) is 8.13. The van der Waals surface area contributed by atoms with E-state index in [1.165, 1.54) is 50.3 Å². The molecule has 0 aliphatic carbocycles. The third-order valence-corrected chi connectivity index (χ3v) is 4.09. The molecular weight excluding hydrogens is 224 g/mol. The minimum absolute atomic E-state index is 0.611. The second-order valence-corrected chi connectivity index (χ2v) is 4.80. The monoisotopic (exact) mass is 248 g/mol. The Morgan fingerprint density at radius 3 is 1.69 bits per heavy atom. The lowest BCUT2D eigenvalue weighted by atomic mass is 9.77. The van der Waals surface area contributed by atoms with Gasteiger partial charge >= 0.3 is 0 Å². The number of hydrogen-bond donors (Lipinski definition) is 0. The number of unbranched alkanes of at least 4 members (excludes halogenated alkanes) is 1. The van der Waals surface area contributed by atoms with Crippen molar-refractivity contribution in [3.8, 4) is 0 Å². The first-order valence-electron chi connectivity index (χ1n) is 5.80. The summed E-state index contributed by atoms with van der Waals surface area (Å²) in [6.45, 7) is 6.90. The molecule has 0 aliphatic heterocycles. The highest BCUT2D eigenvalue weighted by Gasteiger charge is 2.25. The van der Waals surface area contributed by atoms with E-state index in [0.29, 0.717) is 5.41 Å². The summed E-state index contributed by atoms with van der Waals surface area (Å²) in [4.78, 5) is 0. The fourth-order valence-electron chi connectivity index (χ4n) is 2.19. The van der Waals surface area contributed by atoms with Crippen LogP contribution in [-0.2, 0) is 0 Å². The van der Waals surface area contributed by atoms with Gasteiger partial charge in [0, 0.05) is 5.33 Å². The average molecular weight is 249 g/mol. The summed E-state index contributed by atoms with van der Waals surface area (Å²) in [7, 11) is 0. The highest BCUT2D eigenvalue weighted by atomic mass is 79.9. The van der Waals surface area contributed by atoms with Gasteiger partial charge in [0.2, 0.25) is 0 Å². The molecule has 0 nitrogen and oxygen atoms in total. The molecule has 0 bridgehead atoms. The first kappa shape index (κ1) is 13.5. The van der Waals surface area contributed by atoms with Crippen LogP contribution in [0, 0.1) is 5.41 Å². The standard InChI is InChI=1S/C12H25Br/c1-4-7-10-12(11-13,8-5-2)9-6-3/h4-11H2,1-3H3. The van der Waals surface area contributed by atoms with E-state index < -0.39 is 0 Å². The first-order valence-corrected chi connectivity index (χ1v) is 6.92. The van der Waals surface area contributed by atoms with E-state index in [1.54, 1.807) is 0 Å². The zero-order valence-corrected chi connectivity index (χ0v) is 11.1. The SMILES string of the molecule is CCCCC(CBr)(CCC)CCC. The minimum Gasteiger partial charge on any atom is -0.0922 e. The van der Waals surface area contributed by atoms with Gasteiger partial charge in [0.25, 0.3) is 0 Å². The van der Waals surface area contributed by atoms with Crippen molar-refractivity contribution in [1.82, 2.24) is 0 Å². The van der Waals surface area contributed by atoms with Crippen molar-refractivity contribution in [2.45, 2.75) is 65.7 Å². The molecule has 0 saturated heterocycles. The van der Waals surface area contributed by atoms with Crippen LogP contribution in [0.4, 0.5) is 0 Å². The molecule has 13 heavy (non-hydrogen) atoms. The third kappa shape index (κ3) is 5.05. The lowest BCUT2D eigenvalue weighted by molar-refractivity contribution is 0.247. The lowest BCUT2D eigenvalue weighted by Gasteiger charge is -2.31. The maximum Gasteiger partial charge on any atom is 0.00879 e. The molecule has 0 aromatic heterocycles. The zero-order chi connectivity index (χ0) is 10.2. The average Bonchev–Trinajstić information content (AvgIpc) is 2.15. The van der Waals surface area contributed by atoms with Crippen LogP contribution in [0.15, 0.2) is 0 Å². The number of hydrogen-bond acceptors (Lipinski definition) is 0. The maximum absolute atomic E-state index is 3.71. The predicted molar refractivity (Wildman–Crippen MR) is 65.6 cm³/mol. The molecule has 0 N–H and O–H groups in total. The third-order valence-electron chi connectivity index (χ3n) is 2.90. The van der Waals surface area contributed by atoms with Crippen LogP contribution in [0.5, 0.6) is 0 Å². The van der Waals surface area contributed by atoms with Crippen LogP contribution in [0.1, 0.15) is 65.7 Å². The Hall–Kier alpha value is 0.480. The second-order valence-electron chi connectivity index (χ2n) is 4.24. The molecule has 0 spiro atoms. The van der Waals surface area contributed by atoms with E-state index in [-0.39, 0.29) is 0 Å². The topological polar surface area (TPSA) is 0 Å². The van der Waals surface area contributed by atoms with Crippen LogP contribution in [0.2, 0.25) is 0 Å². The normalized spacial score (nSPS) is 12.0. The summed E-state index contributed by atoms with van der Waals surface area (Å²) in [6, 6.07) is 0. The highest BCUT2D eigenvalue weighted by Crippen LogP contribution is 2.37. The van der Waals surface area contributed by atoms with Crippen molar-refractivity contribution in [3.05, 3.63) is 0 Å². The van der Waals surface area contributed by atoms with Gasteiger partial charge < -0.3 is 0 Å². The van der Waals surface area contributed by atoms with Crippen molar-refractivity contribution < 1.29 is 0 Å². The molecular formula is C12H25Br. The van der Waals surface area contributed by atoms with E-state index in [4.69, 9.17) is 0 Å². The van der Waals surface area contributed by atoms with E-state index in [2.05, 4.69) is 36.7 Å². The zero-order valence-electron chi connectivity index (χ0n) is 9.53. The van der Waals surface area contributed by atoms with Crippen molar-refractivity contribution in [3.63, 3.8) is 0 Å². The van der Waals surface area contributed by atoms with Gasteiger partial charge in [0.05, 0.1) is 0 Å². The van der Waals surface area contributed by atoms with Crippen LogP contribution >= 0.6 is 15.9 Å². The van der Waals surface area contributed by atoms with Gasteiger partial charge in [-0.2, -0.15) is 0 Å².